The Balaban J connectivity index is 2.26. The van der Waals surface area contributed by atoms with Crippen molar-refractivity contribution in [3.8, 4) is 0 Å². The molecular formula is C20H28N2O2. The summed E-state index contributed by atoms with van der Waals surface area (Å²) in [6, 6.07) is 8.46. The van der Waals surface area contributed by atoms with Gasteiger partial charge in [0, 0.05) is 0 Å². The number of hydrogen-bond acceptors (Lipinski definition) is 3. The van der Waals surface area contributed by atoms with Crippen LogP contribution in [-0.4, -0.2) is 11.1 Å². The van der Waals surface area contributed by atoms with Crippen LogP contribution in [0.2, 0.25) is 0 Å². The molecule has 1 heterocycles. The van der Waals surface area contributed by atoms with Crippen LogP contribution in [0.3, 0.4) is 0 Å². The van der Waals surface area contributed by atoms with Gasteiger partial charge in [-0.1, -0.05) is 64.0 Å². The van der Waals surface area contributed by atoms with Gasteiger partial charge in [0.15, 0.2) is 0 Å². The van der Waals surface area contributed by atoms with Crippen LogP contribution < -0.4 is 5.32 Å². The van der Waals surface area contributed by atoms with Crippen molar-refractivity contribution in [1.82, 2.24) is 10.5 Å². The number of nitrogens with one attached hydrogen (secondary N) is 1. The number of nitrogens with zero attached hydrogens (tertiary/aromatic N) is 1. The Hall–Kier alpha value is -2.10. The number of aromatic nitrogens is 1. The molecule has 0 radical (unpaired) electrons. The summed E-state index contributed by atoms with van der Waals surface area (Å²) < 4.78 is 5.11. The smallest absolute Gasteiger partial charge is 0.257 e. The molecule has 1 aromatic heterocycles. The highest BCUT2D eigenvalue weighted by Gasteiger charge is 2.24. The maximum absolute atomic E-state index is 12.7. The van der Waals surface area contributed by atoms with Crippen LogP contribution in [0.5, 0.6) is 0 Å². The summed E-state index contributed by atoms with van der Waals surface area (Å²) in [5, 5.41) is 7.00. The van der Waals surface area contributed by atoms with E-state index in [9.17, 15) is 4.79 Å². The lowest BCUT2D eigenvalue weighted by molar-refractivity contribution is 0.0923. The largest absolute Gasteiger partial charge is 0.361 e. The molecule has 0 fully saturated rings. The minimum atomic E-state index is -0.134. The van der Waals surface area contributed by atoms with Crippen molar-refractivity contribution in [2.75, 3.05) is 0 Å². The first-order valence-electron chi connectivity index (χ1n) is 8.45. The van der Waals surface area contributed by atoms with Gasteiger partial charge in [-0.2, -0.15) is 0 Å². The van der Waals surface area contributed by atoms with E-state index < -0.39 is 0 Å². The van der Waals surface area contributed by atoms with Gasteiger partial charge < -0.3 is 9.84 Å². The Labute approximate surface area is 144 Å². The molecule has 4 nitrogen and oxygen atoms in total. The Morgan fingerprint density at radius 1 is 1.12 bits per heavy atom. The molecule has 0 aliphatic rings. The van der Waals surface area contributed by atoms with E-state index in [1.54, 1.807) is 13.8 Å². The number of hydrogen-bond donors (Lipinski definition) is 1. The molecule has 1 N–H and O–H groups in total. The molecule has 0 spiro atoms. The lowest BCUT2D eigenvalue weighted by Crippen LogP contribution is -2.32. The summed E-state index contributed by atoms with van der Waals surface area (Å²) in [6.07, 6.45) is 0. The highest BCUT2D eigenvalue weighted by atomic mass is 16.5. The average molecular weight is 328 g/mol. The SMILES string of the molecule is Cc1noc(C)c1C(=O)NC(c1ccc(C(C)(C)C)cc1)C(C)C. The van der Waals surface area contributed by atoms with Gasteiger partial charge in [-0.3, -0.25) is 4.79 Å². The molecule has 2 aromatic rings. The van der Waals surface area contributed by atoms with Gasteiger partial charge in [0.1, 0.15) is 11.3 Å². The molecule has 4 heteroatoms. The third-order valence-electron chi connectivity index (χ3n) is 4.35. The average Bonchev–Trinajstić information content (AvgIpc) is 2.82. The van der Waals surface area contributed by atoms with Gasteiger partial charge in [0.25, 0.3) is 5.91 Å². The van der Waals surface area contributed by atoms with E-state index in [1.807, 2.05) is 0 Å². The monoisotopic (exact) mass is 328 g/mol. The number of rotatable bonds is 4. The summed E-state index contributed by atoms with van der Waals surface area (Å²) in [6.45, 7) is 14.3. The fourth-order valence-electron chi connectivity index (χ4n) is 2.85. The molecule has 1 aromatic carbocycles. The maximum Gasteiger partial charge on any atom is 0.257 e. The summed E-state index contributed by atoms with van der Waals surface area (Å²) in [5.74, 6) is 0.690. The van der Waals surface area contributed by atoms with E-state index in [-0.39, 0.29) is 23.3 Å². The fraction of sp³-hybridized carbons (Fsp3) is 0.500. The van der Waals surface area contributed by atoms with E-state index in [0.29, 0.717) is 17.0 Å². The zero-order valence-electron chi connectivity index (χ0n) is 15.7. The quantitative estimate of drug-likeness (QED) is 0.884. The van der Waals surface area contributed by atoms with Crippen molar-refractivity contribution in [2.45, 2.75) is 59.9 Å². The summed E-state index contributed by atoms with van der Waals surface area (Å²) in [5.41, 5.74) is 3.66. The Kier molecular flexibility index (Phi) is 5.16. The molecule has 2 rings (SSSR count). The van der Waals surface area contributed by atoms with Crippen molar-refractivity contribution in [1.29, 1.82) is 0 Å². The second-order valence-electron chi connectivity index (χ2n) is 7.77. The molecule has 1 unspecified atom stereocenters. The number of aryl methyl sites for hydroxylation is 2. The van der Waals surface area contributed by atoms with E-state index in [1.165, 1.54) is 5.56 Å². The number of benzene rings is 1. The third-order valence-corrected chi connectivity index (χ3v) is 4.35. The second kappa shape index (κ2) is 6.80. The van der Waals surface area contributed by atoms with Crippen molar-refractivity contribution in [3.63, 3.8) is 0 Å². The molecule has 130 valence electrons. The zero-order chi connectivity index (χ0) is 18.1. The van der Waals surface area contributed by atoms with Crippen LogP contribution in [0.25, 0.3) is 0 Å². The predicted octanol–water partition coefficient (Wildman–Crippen LogP) is 4.72. The number of carbonyl (C=O) groups is 1. The van der Waals surface area contributed by atoms with E-state index >= 15 is 0 Å². The van der Waals surface area contributed by atoms with E-state index in [4.69, 9.17) is 4.52 Å². The molecule has 1 atom stereocenters. The fourth-order valence-corrected chi connectivity index (χ4v) is 2.85. The van der Waals surface area contributed by atoms with Gasteiger partial charge in [-0.25, -0.2) is 0 Å². The predicted molar refractivity (Wildman–Crippen MR) is 96.2 cm³/mol. The van der Waals surface area contributed by atoms with Crippen LogP contribution in [0.15, 0.2) is 28.8 Å². The maximum atomic E-state index is 12.7. The van der Waals surface area contributed by atoms with Crippen LogP contribution >= 0.6 is 0 Å². The van der Waals surface area contributed by atoms with E-state index in [0.717, 1.165) is 5.56 Å². The first-order chi connectivity index (χ1) is 11.1. The lowest BCUT2D eigenvalue weighted by Gasteiger charge is -2.25. The van der Waals surface area contributed by atoms with Gasteiger partial charge in [0.05, 0.1) is 11.7 Å². The molecule has 1 amide bonds. The minimum Gasteiger partial charge on any atom is -0.361 e. The van der Waals surface area contributed by atoms with Crippen molar-refractivity contribution in [2.24, 2.45) is 5.92 Å². The second-order valence-corrected chi connectivity index (χ2v) is 7.77. The van der Waals surface area contributed by atoms with Gasteiger partial charge >= 0.3 is 0 Å². The van der Waals surface area contributed by atoms with Crippen molar-refractivity contribution < 1.29 is 9.32 Å². The topological polar surface area (TPSA) is 55.1 Å². The summed E-state index contributed by atoms with van der Waals surface area (Å²) in [4.78, 5) is 12.7. The van der Waals surface area contributed by atoms with Crippen LogP contribution in [0, 0.1) is 19.8 Å². The highest BCUT2D eigenvalue weighted by Crippen LogP contribution is 2.27. The van der Waals surface area contributed by atoms with Gasteiger partial charge in [0.2, 0.25) is 0 Å². The Morgan fingerprint density at radius 2 is 1.71 bits per heavy atom. The summed E-state index contributed by atoms with van der Waals surface area (Å²) >= 11 is 0. The van der Waals surface area contributed by atoms with E-state index in [2.05, 4.69) is 69.4 Å². The van der Waals surface area contributed by atoms with Crippen LogP contribution in [0.4, 0.5) is 0 Å². The molecular weight excluding hydrogens is 300 g/mol. The number of amides is 1. The third kappa shape index (κ3) is 3.86. The van der Waals surface area contributed by atoms with Crippen LogP contribution in [-0.2, 0) is 5.41 Å². The van der Waals surface area contributed by atoms with Crippen molar-refractivity contribution in [3.05, 3.63) is 52.4 Å². The first kappa shape index (κ1) is 18.2. The molecule has 0 saturated carbocycles. The molecule has 24 heavy (non-hydrogen) atoms. The van der Waals surface area contributed by atoms with Crippen molar-refractivity contribution >= 4 is 5.91 Å². The van der Waals surface area contributed by atoms with Crippen LogP contribution in [0.1, 0.15) is 73.6 Å². The molecule has 0 aliphatic carbocycles. The van der Waals surface area contributed by atoms with Gasteiger partial charge in [-0.05, 0) is 36.3 Å². The molecule has 0 saturated heterocycles. The zero-order valence-corrected chi connectivity index (χ0v) is 15.7. The number of carbonyl (C=O) groups excluding carboxylic acids is 1. The minimum absolute atomic E-state index is 0.0554. The normalized spacial score (nSPS) is 13.2. The standard InChI is InChI=1S/C20H28N2O2/c1-12(2)18(15-8-10-16(11-9-15)20(5,6)7)21-19(23)17-13(3)22-24-14(17)4/h8-12,18H,1-7H3,(H,21,23). The summed E-state index contributed by atoms with van der Waals surface area (Å²) in [7, 11) is 0. The molecule has 0 bridgehead atoms. The Bertz CT molecular complexity index is 687. The van der Waals surface area contributed by atoms with Gasteiger partial charge in [-0.15, -0.1) is 0 Å². The highest BCUT2D eigenvalue weighted by molar-refractivity contribution is 5.96. The first-order valence-corrected chi connectivity index (χ1v) is 8.45. The lowest BCUT2D eigenvalue weighted by atomic mass is 9.85. The Morgan fingerprint density at radius 3 is 2.12 bits per heavy atom. The molecule has 0 aliphatic heterocycles.